The van der Waals surface area contributed by atoms with E-state index in [0.29, 0.717) is 6.04 Å². The van der Waals surface area contributed by atoms with Gasteiger partial charge in [-0.3, -0.25) is 4.90 Å². The Morgan fingerprint density at radius 3 is 1.90 bits per heavy atom. The smallest absolute Gasteiger partial charge is 0.0794 e. The SMILES string of the molecule is C/C=C/C(c1ccccc1)N1CC(O)C1.C/C=C\C.CC. The van der Waals surface area contributed by atoms with Crippen LogP contribution in [0.2, 0.25) is 0 Å². The van der Waals surface area contributed by atoms with Gasteiger partial charge >= 0.3 is 0 Å². The van der Waals surface area contributed by atoms with Crippen molar-refractivity contribution < 1.29 is 5.11 Å². The lowest BCUT2D eigenvalue weighted by Gasteiger charge is -2.41. The second kappa shape index (κ2) is 12.4. The number of nitrogens with zero attached hydrogens (tertiary/aromatic N) is 1. The van der Waals surface area contributed by atoms with Crippen molar-refractivity contribution in [1.29, 1.82) is 0 Å². The van der Waals surface area contributed by atoms with E-state index in [0.717, 1.165) is 13.1 Å². The van der Waals surface area contributed by atoms with E-state index in [9.17, 15) is 5.11 Å². The number of likely N-dealkylation sites (tertiary alicyclic amines) is 1. The van der Waals surface area contributed by atoms with Crippen LogP contribution in [0.4, 0.5) is 0 Å². The molecule has 1 atom stereocenters. The van der Waals surface area contributed by atoms with Gasteiger partial charge in [-0.2, -0.15) is 0 Å². The number of hydrogen-bond donors (Lipinski definition) is 1. The molecule has 118 valence electrons. The molecular formula is C19H31NO. The summed E-state index contributed by atoms with van der Waals surface area (Å²) in [4.78, 5) is 2.28. The summed E-state index contributed by atoms with van der Waals surface area (Å²) >= 11 is 0. The third kappa shape index (κ3) is 7.26. The molecule has 0 bridgehead atoms. The van der Waals surface area contributed by atoms with Crippen LogP contribution >= 0.6 is 0 Å². The highest BCUT2D eigenvalue weighted by atomic mass is 16.3. The van der Waals surface area contributed by atoms with Crippen LogP contribution in [-0.4, -0.2) is 29.2 Å². The summed E-state index contributed by atoms with van der Waals surface area (Å²) in [5, 5.41) is 9.32. The largest absolute Gasteiger partial charge is 0.390 e. The van der Waals surface area contributed by atoms with Crippen LogP contribution in [0.15, 0.2) is 54.6 Å². The molecule has 21 heavy (non-hydrogen) atoms. The fourth-order valence-electron chi connectivity index (χ4n) is 1.99. The molecule has 0 radical (unpaired) electrons. The molecule has 1 aliphatic heterocycles. The van der Waals surface area contributed by atoms with Crippen molar-refractivity contribution in [2.45, 2.75) is 46.8 Å². The average Bonchev–Trinajstić information content (AvgIpc) is 2.53. The van der Waals surface area contributed by atoms with Gasteiger partial charge < -0.3 is 5.11 Å². The normalized spacial score (nSPS) is 16.7. The topological polar surface area (TPSA) is 23.5 Å². The van der Waals surface area contributed by atoms with Gasteiger partial charge in [-0.1, -0.05) is 68.5 Å². The van der Waals surface area contributed by atoms with Crippen LogP contribution in [0.1, 0.15) is 46.2 Å². The van der Waals surface area contributed by atoms with Gasteiger partial charge in [0.15, 0.2) is 0 Å². The third-order valence-electron chi connectivity index (χ3n) is 3.13. The number of benzene rings is 1. The van der Waals surface area contributed by atoms with Crippen LogP contribution in [-0.2, 0) is 0 Å². The maximum Gasteiger partial charge on any atom is 0.0794 e. The highest BCUT2D eigenvalue weighted by Gasteiger charge is 2.29. The second-order valence-electron chi connectivity index (χ2n) is 4.66. The van der Waals surface area contributed by atoms with Crippen molar-refractivity contribution in [3.63, 3.8) is 0 Å². The van der Waals surface area contributed by atoms with E-state index in [4.69, 9.17) is 0 Å². The van der Waals surface area contributed by atoms with Crippen molar-refractivity contribution in [2.75, 3.05) is 13.1 Å². The minimum atomic E-state index is -0.138. The van der Waals surface area contributed by atoms with Crippen LogP contribution in [0.5, 0.6) is 0 Å². The summed E-state index contributed by atoms with van der Waals surface area (Å²) in [5.41, 5.74) is 1.29. The van der Waals surface area contributed by atoms with Crippen LogP contribution in [0.25, 0.3) is 0 Å². The molecule has 0 saturated carbocycles. The number of β-amino-alcohol motifs (C(OH)–C–C–N with tert-alkyl or cyclic N) is 1. The van der Waals surface area contributed by atoms with Crippen molar-refractivity contribution >= 4 is 0 Å². The standard InChI is InChI=1S/C13H17NO.C4H8.C2H6/c1-2-6-13(14-9-12(15)10-14)11-7-4-3-5-8-11;1-3-4-2;1-2/h2-8,12-13,15H,9-10H2,1H3;3-4H,1-2H3;1-2H3/b6-2+;4-3-;. The molecule has 0 amide bonds. The monoisotopic (exact) mass is 289 g/mol. The van der Waals surface area contributed by atoms with E-state index in [2.05, 4.69) is 41.3 Å². The Morgan fingerprint density at radius 1 is 1.00 bits per heavy atom. The lowest BCUT2D eigenvalue weighted by atomic mass is 10.00. The molecule has 1 N–H and O–H groups in total. The molecule has 2 nitrogen and oxygen atoms in total. The van der Waals surface area contributed by atoms with Gasteiger partial charge in [0.05, 0.1) is 12.1 Å². The van der Waals surface area contributed by atoms with Gasteiger partial charge in [-0.05, 0) is 26.3 Å². The molecule has 1 unspecified atom stereocenters. The molecule has 2 rings (SSSR count). The highest BCUT2D eigenvalue weighted by molar-refractivity contribution is 5.24. The van der Waals surface area contributed by atoms with Crippen LogP contribution in [0, 0.1) is 0 Å². The van der Waals surface area contributed by atoms with E-state index in [1.165, 1.54) is 5.56 Å². The molecule has 1 fully saturated rings. The predicted octanol–water partition coefficient (Wildman–Crippen LogP) is 4.59. The zero-order valence-corrected chi connectivity index (χ0v) is 14.2. The third-order valence-corrected chi connectivity index (χ3v) is 3.13. The molecule has 0 spiro atoms. The van der Waals surface area contributed by atoms with E-state index < -0.39 is 0 Å². The van der Waals surface area contributed by atoms with Crippen molar-refractivity contribution in [2.24, 2.45) is 0 Å². The van der Waals surface area contributed by atoms with E-state index in [1.807, 2.05) is 52.8 Å². The van der Waals surface area contributed by atoms with Gasteiger partial charge in [0, 0.05) is 13.1 Å². The molecule has 1 aliphatic rings. The predicted molar refractivity (Wildman–Crippen MR) is 93.4 cm³/mol. The Bertz CT molecular complexity index is 387. The Balaban J connectivity index is 0.000000579. The minimum Gasteiger partial charge on any atom is -0.390 e. The van der Waals surface area contributed by atoms with Crippen LogP contribution < -0.4 is 0 Å². The minimum absolute atomic E-state index is 0.138. The van der Waals surface area contributed by atoms with E-state index in [1.54, 1.807) is 0 Å². The number of allylic oxidation sites excluding steroid dienone is 3. The number of rotatable bonds is 3. The first-order valence-electron chi connectivity index (χ1n) is 7.90. The summed E-state index contributed by atoms with van der Waals surface area (Å²) in [5.74, 6) is 0. The molecule has 2 heteroatoms. The number of aliphatic hydroxyl groups excluding tert-OH is 1. The maximum atomic E-state index is 9.32. The summed E-state index contributed by atoms with van der Waals surface area (Å²) in [6.45, 7) is 11.6. The molecule has 0 aliphatic carbocycles. The van der Waals surface area contributed by atoms with E-state index in [-0.39, 0.29) is 6.10 Å². The Labute approximate surface area is 130 Å². The van der Waals surface area contributed by atoms with Crippen molar-refractivity contribution in [3.05, 3.63) is 60.2 Å². The fraction of sp³-hybridized carbons (Fsp3) is 0.474. The summed E-state index contributed by atoms with van der Waals surface area (Å²) in [6.07, 6.45) is 8.12. The zero-order chi connectivity index (χ0) is 16.1. The van der Waals surface area contributed by atoms with Gasteiger partial charge in [-0.15, -0.1) is 0 Å². The Morgan fingerprint density at radius 2 is 1.52 bits per heavy atom. The summed E-state index contributed by atoms with van der Waals surface area (Å²) < 4.78 is 0. The lowest BCUT2D eigenvalue weighted by Crippen LogP contribution is -2.51. The quantitative estimate of drug-likeness (QED) is 0.823. The molecule has 0 aromatic heterocycles. The summed E-state index contributed by atoms with van der Waals surface area (Å²) in [7, 11) is 0. The van der Waals surface area contributed by atoms with Gasteiger partial charge in [0.25, 0.3) is 0 Å². The van der Waals surface area contributed by atoms with Crippen molar-refractivity contribution in [1.82, 2.24) is 4.90 Å². The molecule has 1 aromatic carbocycles. The number of hydrogen-bond acceptors (Lipinski definition) is 2. The molecule has 1 saturated heterocycles. The molecule has 1 heterocycles. The van der Waals surface area contributed by atoms with Gasteiger partial charge in [-0.25, -0.2) is 0 Å². The average molecular weight is 289 g/mol. The first kappa shape index (κ1) is 19.6. The van der Waals surface area contributed by atoms with Gasteiger partial charge in [0.1, 0.15) is 0 Å². The van der Waals surface area contributed by atoms with Gasteiger partial charge in [0.2, 0.25) is 0 Å². The maximum absolute atomic E-state index is 9.32. The lowest BCUT2D eigenvalue weighted by molar-refractivity contribution is -0.0144. The Kier molecular flexibility index (Phi) is 11.6. The summed E-state index contributed by atoms with van der Waals surface area (Å²) in [6, 6.07) is 10.7. The molecular weight excluding hydrogens is 258 g/mol. The second-order valence-corrected chi connectivity index (χ2v) is 4.66. The first-order valence-corrected chi connectivity index (χ1v) is 7.90. The van der Waals surface area contributed by atoms with Crippen molar-refractivity contribution in [3.8, 4) is 0 Å². The number of aliphatic hydroxyl groups is 1. The first-order chi connectivity index (χ1) is 10.2. The fourth-order valence-corrected chi connectivity index (χ4v) is 1.99. The van der Waals surface area contributed by atoms with Crippen LogP contribution in [0.3, 0.4) is 0 Å². The zero-order valence-electron chi connectivity index (χ0n) is 14.2. The van der Waals surface area contributed by atoms with E-state index >= 15 is 0 Å². The molecule has 1 aromatic rings. The Hall–Kier alpha value is -1.38. The highest BCUT2D eigenvalue weighted by Crippen LogP contribution is 2.26.